The van der Waals surface area contributed by atoms with Crippen LogP contribution in [-0.2, 0) is 13.1 Å². The number of rotatable bonds is 9. The summed E-state index contributed by atoms with van der Waals surface area (Å²) in [5.41, 5.74) is 2.19. The number of benzene rings is 1. The average Bonchev–Trinajstić information content (AvgIpc) is 3.52. The summed E-state index contributed by atoms with van der Waals surface area (Å²) in [6.07, 6.45) is 4.52. The molecule has 3 rings (SSSR count). The van der Waals surface area contributed by atoms with Crippen molar-refractivity contribution in [3.05, 3.63) is 53.7 Å². The first-order valence-corrected chi connectivity index (χ1v) is 9.91. The van der Waals surface area contributed by atoms with Gasteiger partial charge in [-0.1, -0.05) is 24.3 Å². The molecule has 1 heterocycles. The van der Waals surface area contributed by atoms with Crippen molar-refractivity contribution < 1.29 is 9.47 Å². The third-order valence-electron chi connectivity index (χ3n) is 4.43. The van der Waals surface area contributed by atoms with Crippen LogP contribution in [0.3, 0.4) is 0 Å². The summed E-state index contributed by atoms with van der Waals surface area (Å²) < 4.78 is 11.5. The molecule has 150 valence electrons. The quantitative estimate of drug-likeness (QED) is 0.513. The van der Waals surface area contributed by atoms with Crippen molar-refractivity contribution in [1.82, 2.24) is 15.6 Å². The van der Waals surface area contributed by atoms with Crippen LogP contribution >= 0.6 is 0 Å². The summed E-state index contributed by atoms with van der Waals surface area (Å²) in [6, 6.07) is 12.1. The lowest BCUT2D eigenvalue weighted by molar-refractivity contribution is 0.232. The molecule has 28 heavy (non-hydrogen) atoms. The molecule has 0 spiro atoms. The molecule has 6 nitrogen and oxygen atoms in total. The Labute approximate surface area is 167 Å². The molecule has 1 aliphatic carbocycles. The van der Waals surface area contributed by atoms with Crippen LogP contribution in [-0.4, -0.2) is 30.7 Å². The molecule has 1 aliphatic rings. The summed E-state index contributed by atoms with van der Waals surface area (Å²) in [6.45, 7) is 6.08. The minimum atomic E-state index is 0.121. The van der Waals surface area contributed by atoms with E-state index in [0.29, 0.717) is 19.0 Å². The van der Waals surface area contributed by atoms with E-state index in [4.69, 9.17) is 9.47 Å². The Hall–Kier alpha value is -2.76. The van der Waals surface area contributed by atoms with Gasteiger partial charge >= 0.3 is 0 Å². The maximum atomic E-state index is 5.97. The van der Waals surface area contributed by atoms with E-state index < -0.39 is 0 Å². The van der Waals surface area contributed by atoms with Crippen molar-refractivity contribution in [3.63, 3.8) is 0 Å². The zero-order valence-corrected chi connectivity index (χ0v) is 16.9. The number of aliphatic imine (C=N–C) groups is 1. The summed E-state index contributed by atoms with van der Waals surface area (Å²) in [4.78, 5) is 8.63. The summed E-state index contributed by atoms with van der Waals surface area (Å²) in [7, 11) is 1.77. The molecule has 6 heteroatoms. The number of para-hydroxylation sites is 1. The number of nitrogens with zero attached hydrogens (tertiary/aromatic N) is 2. The topological polar surface area (TPSA) is 67.8 Å². The molecule has 0 bridgehead atoms. The third kappa shape index (κ3) is 6.44. The highest BCUT2D eigenvalue weighted by atomic mass is 16.5. The van der Waals surface area contributed by atoms with Gasteiger partial charge in [0.05, 0.1) is 12.7 Å². The van der Waals surface area contributed by atoms with Gasteiger partial charge in [-0.2, -0.15) is 0 Å². The predicted octanol–water partition coefficient (Wildman–Crippen LogP) is 3.52. The van der Waals surface area contributed by atoms with Gasteiger partial charge in [0.1, 0.15) is 5.75 Å². The van der Waals surface area contributed by atoms with E-state index in [2.05, 4.69) is 26.7 Å². The van der Waals surface area contributed by atoms with Gasteiger partial charge in [-0.3, -0.25) is 4.99 Å². The van der Waals surface area contributed by atoms with Crippen LogP contribution in [0.1, 0.15) is 37.8 Å². The van der Waals surface area contributed by atoms with Crippen molar-refractivity contribution in [3.8, 4) is 11.6 Å². The number of aromatic nitrogens is 1. The molecule has 0 unspecified atom stereocenters. The van der Waals surface area contributed by atoms with Gasteiger partial charge in [0.15, 0.2) is 5.96 Å². The molecular weight excluding hydrogens is 352 g/mol. The standard InChI is InChI=1S/C22H30N4O2/c1-16(2)28-21-11-10-18(12-24-21)13-25-22(23-3)26-14-19-6-4-5-7-20(19)27-15-17-8-9-17/h4-7,10-12,16-17H,8-9,13-15H2,1-3H3,(H2,23,25,26). The Morgan fingerprint density at radius 3 is 2.61 bits per heavy atom. The lowest BCUT2D eigenvalue weighted by Crippen LogP contribution is -2.36. The van der Waals surface area contributed by atoms with Gasteiger partial charge < -0.3 is 20.1 Å². The molecular formula is C22H30N4O2. The Morgan fingerprint density at radius 2 is 1.93 bits per heavy atom. The van der Waals surface area contributed by atoms with E-state index >= 15 is 0 Å². The molecule has 0 aliphatic heterocycles. The van der Waals surface area contributed by atoms with Gasteiger partial charge in [0, 0.05) is 38.0 Å². The summed E-state index contributed by atoms with van der Waals surface area (Å²) in [5, 5.41) is 6.66. The molecule has 2 aromatic rings. The smallest absolute Gasteiger partial charge is 0.213 e. The number of nitrogens with one attached hydrogen (secondary N) is 2. The first kappa shape index (κ1) is 20.0. The van der Waals surface area contributed by atoms with Gasteiger partial charge in [-0.15, -0.1) is 0 Å². The van der Waals surface area contributed by atoms with Crippen LogP contribution in [0.5, 0.6) is 11.6 Å². The molecule has 0 amide bonds. The van der Waals surface area contributed by atoms with E-state index in [1.165, 1.54) is 12.8 Å². The lowest BCUT2D eigenvalue weighted by atomic mass is 10.2. The molecule has 1 aromatic carbocycles. The zero-order valence-electron chi connectivity index (χ0n) is 16.9. The highest BCUT2D eigenvalue weighted by Crippen LogP contribution is 2.30. The van der Waals surface area contributed by atoms with Crippen LogP contribution in [0.2, 0.25) is 0 Å². The molecule has 1 fully saturated rings. The number of guanidine groups is 1. The van der Waals surface area contributed by atoms with Crippen molar-refractivity contribution in [2.45, 2.75) is 45.9 Å². The number of hydrogen-bond acceptors (Lipinski definition) is 4. The van der Waals surface area contributed by atoms with E-state index in [1.54, 1.807) is 7.05 Å². The Bertz CT molecular complexity index is 770. The highest BCUT2D eigenvalue weighted by molar-refractivity contribution is 5.79. The second kappa shape index (κ2) is 9.97. The monoisotopic (exact) mass is 382 g/mol. The van der Waals surface area contributed by atoms with E-state index in [-0.39, 0.29) is 6.10 Å². The Kier molecular flexibility index (Phi) is 7.12. The first-order chi connectivity index (χ1) is 13.6. The molecule has 2 N–H and O–H groups in total. The lowest BCUT2D eigenvalue weighted by Gasteiger charge is -2.15. The van der Waals surface area contributed by atoms with Crippen molar-refractivity contribution in [2.75, 3.05) is 13.7 Å². The minimum Gasteiger partial charge on any atom is -0.493 e. The molecule has 1 saturated carbocycles. The molecule has 1 aromatic heterocycles. The fourth-order valence-corrected chi connectivity index (χ4v) is 2.69. The van der Waals surface area contributed by atoms with E-state index in [9.17, 15) is 0 Å². The summed E-state index contributed by atoms with van der Waals surface area (Å²) >= 11 is 0. The SMILES string of the molecule is CN=C(NCc1ccc(OC(C)C)nc1)NCc1ccccc1OCC1CC1. The highest BCUT2D eigenvalue weighted by Gasteiger charge is 2.22. The molecule has 0 saturated heterocycles. The second-order valence-corrected chi connectivity index (χ2v) is 7.31. The second-order valence-electron chi connectivity index (χ2n) is 7.31. The van der Waals surface area contributed by atoms with E-state index in [1.807, 2.05) is 50.4 Å². The van der Waals surface area contributed by atoms with Crippen LogP contribution < -0.4 is 20.1 Å². The van der Waals surface area contributed by atoms with Crippen LogP contribution in [0.15, 0.2) is 47.6 Å². The Morgan fingerprint density at radius 1 is 1.14 bits per heavy atom. The predicted molar refractivity (Wildman–Crippen MR) is 112 cm³/mol. The van der Waals surface area contributed by atoms with Crippen molar-refractivity contribution >= 4 is 5.96 Å². The number of hydrogen-bond donors (Lipinski definition) is 2. The minimum absolute atomic E-state index is 0.121. The summed E-state index contributed by atoms with van der Waals surface area (Å²) in [5.74, 6) is 3.06. The number of ether oxygens (including phenoxy) is 2. The molecule has 0 atom stereocenters. The van der Waals surface area contributed by atoms with Crippen molar-refractivity contribution in [1.29, 1.82) is 0 Å². The largest absolute Gasteiger partial charge is 0.493 e. The normalized spacial score (nSPS) is 14.1. The van der Waals surface area contributed by atoms with Crippen LogP contribution in [0, 0.1) is 5.92 Å². The van der Waals surface area contributed by atoms with Gasteiger partial charge in [-0.25, -0.2) is 4.98 Å². The maximum Gasteiger partial charge on any atom is 0.213 e. The average molecular weight is 383 g/mol. The first-order valence-electron chi connectivity index (χ1n) is 9.91. The third-order valence-corrected chi connectivity index (χ3v) is 4.43. The van der Waals surface area contributed by atoms with Crippen LogP contribution in [0.25, 0.3) is 0 Å². The van der Waals surface area contributed by atoms with Crippen molar-refractivity contribution in [2.24, 2.45) is 10.9 Å². The molecule has 0 radical (unpaired) electrons. The fraction of sp³-hybridized carbons (Fsp3) is 0.455. The van der Waals surface area contributed by atoms with E-state index in [0.717, 1.165) is 35.4 Å². The van der Waals surface area contributed by atoms with Crippen LogP contribution in [0.4, 0.5) is 0 Å². The zero-order chi connectivity index (χ0) is 19.8. The Balaban J connectivity index is 1.48. The van der Waals surface area contributed by atoms with Gasteiger partial charge in [-0.05, 0) is 44.2 Å². The fourth-order valence-electron chi connectivity index (χ4n) is 2.69. The number of pyridine rings is 1. The van der Waals surface area contributed by atoms with Gasteiger partial charge in [0.2, 0.25) is 5.88 Å². The van der Waals surface area contributed by atoms with Gasteiger partial charge in [0.25, 0.3) is 0 Å². The maximum absolute atomic E-state index is 5.97.